The molecule has 0 aliphatic carbocycles. The molecule has 0 aliphatic heterocycles. The van der Waals surface area contributed by atoms with Crippen LogP contribution in [0.2, 0.25) is 0 Å². The van der Waals surface area contributed by atoms with E-state index in [1.807, 2.05) is 0 Å². The number of nitrogens with zero attached hydrogens (tertiary/aromatic N) is 2. The summed E-state index contributed by atoms with van der Waals surface area (Å²) in [5.41, 5.74) is 3.85. The molecule has 4 aromatic rings. The van der Waals surface area contributed by atoms with Crippen molar-refractivity contribution in [2.24, 2.45) is 5.73 Å². The standard InChI is InChI=1S/C36H37F3N4O8/c1-36(2,3)51-35(48)43-26(15-23-14-25(38)18-30(32(23)43)50-20-22-11-12-24(37)17-27(22)39)19-42-13-7-8-21(33(42)46)16-29(44)28(41-34(47)49-4)9-5-6-10-31(40)45/h6-8,10-15,17-18,28H,5,9,16,19-20H2,1-4H3,(H2,40,45)(H,41,47)/b10-6+/t28-/m0/s1. The van der Waals surface area contributed by atoms with Gasteiger partial charge in [-0.25, -0.2) is 27.3 Å². The van der Waals surface area contributed by atoms with Gasteiger partial charge in [-0.15, -0.1) is 0 Å². The summed E-state index contributed by atoms with van der Waals surface area (Å²) in [5, 5.41) is 2.63. The van der Waals surface area contributed by atoms with E-state index in [0.29, 0.717) is 6.07 Å². The minimum Gasteiger partial charge on any atom is -0.486 e. The van der Waals surface area contributed by atoms with E-state index in [0.717, 1.165) is 36.0 Å². The smallest absolute Gasteiger partial charge is 0.419 e. The second-order valence-corrected chi connectivity index (χ2v) is 12.5. The first-order valence-electron chi connectivity index (χ1n) is 15.7. The molecule has 4 rings (SSSR count). The van der Waals surface area contributed by atoms with Crippen LogP contribution in [-0.4, -0.2) is 51.8 Å². The SMILES string of the molecule is COC(=O)N[C@@H](CC/C=C/C(N)=O)C(=O)Cc1cccn(Cc2cc3cc(F)cc(OCc4ccc(F)cc4F)c3n2C(=O)OC(C)(C)C)c1=O. The van der Waals surface area contributed by atoms with Crippen LogP contribution in [0.1, 0.15) is 50.4 Å². The first-order valence-corrected chi connectivity index (χ1v) is 15.7. The molecule has 0 unspecified atom stereocenters. The van der Waals surface area contributed by atoms with Crippen LogP contribution in [0, 0.1) is 17.5 Å². The van der Waals surface area contributed by atoms with Gasteiger partial charge in [0.15, 0.2) is 5.78 Å². The number of halogens is 3. The van der Waals surface area contributed by atoms with Crippen LogP contribution in [0.5, 0.6) is 5.75 Å². The second-order valence-electron chi connectivity index (χ2n) is 12.5. The number of amides is 2. The number of ketones is 1. The van der Waals surface area contributed by atoms with E-state index in [-0.39, 0.29) is 59.3 Å². The molecule has 51 heavy (non-hydrogen) atoms. The number of nitrogens with two attached hydrogens (primary N) is 1. The number of hydrogen-bond acceptors (Lipinski definition) is 8. The van der Waals surface area contributed by atoms with Gasteiger partial charge in [0.2, 0.25) is 5.91 Å². The number of fused-ring (bicyclic) bond motifs is 1. The fourth-order valence-corrected chi connectivity index (χ4v) is 5.18. The van der Waals surface area contributed by atoms with Crippen molar-refractivity contribution in [3.8, 4) is 5.75 Å². The largest absolute Gasteiger partial charge is 0.486 e. The maximum absolute atomic E-state index is 14.9. The Kier molecular flexibility index (Phi) is 12.1. The summed E-state index contributed by atoms with van der Waals surface area (Å²) < 4.78 is 61.1. The van der Waals surface area contributed by atoms with Gasteiger partial charge in [-0.05, 0) is 70.0 Å². The molecule has 1 atom stereocenters. The fraction of sp³-hybridized carbons (Fsp3) is 0.306. The molecule has 0 aliphatic rings. The van der Waals surface area contributed by atoms with E-state index in [4.69, 9.17) is 15.2 Å². The third-order valence-corrected chi connectivity index (χ3v) is 7.44. The highest BCUT2D eigenvalue weighted by Crippen LogP contribution is 2.32. The molecule has 0 saturated carbocycles. The van der Waals surface area contributed by atoms with Crippen LogP contribution < -0.4 is 21.3 Å². The van der Waals surface area contributed by atoms with Gasteiger partial charge in [-0.1, -0.05) is 12.1 Å². The normalized spacial score (nSPS) is 12.1. The van der Waals surface area contributed by atoms with Crippen molar-refractivity contribution in [2.45, 2.75) is 64.8 Å². The van der Waals surface area contributed by atoms with Crippen molar-refractivity contribution in [1.82, 2.24) is 14.5 Å². The third-order valence-electron chi connectivity index (χ3n) is 7.44. The number of Topliss-reactive ketones (excluding diaryl/α,β-unsaturated/α-hetero) is 1. The summed E-state index contributed by atoms with van der Waals surface area (Å²) in [6, 6.07) is 8.43. The highest BCUT2D eigenvalue weighted by molar-refractivity contribution is 5.95. The van der Waals surface area contributed by atoms with Gasteiger partial charge in [-0.3, -0.25) is 14.4 Å². The topological polar surface area (TPSA) is 161 Å². The summed E-state index contributed by atoms with van der Waals surface area (Å²) >= 11 is 0. The van der Waals surface area contributed by atoms with Gasteiger partial charge in [0.05, 0.1) is 25.4 Å². The number of rotatable bonds is 13. The molecule has 15 heteroatoms. The highest BCUT2D eigenvalue weighted by atomic mass is 19.1. The molecule has 12 nitrogen and oxygen atoms in total. The van der Waals surface area contributed by atoms with Crippen LogP contribution in [0.3, 0.4) is 0 Å². The van der Waals surface area contributed by atoms with E-state index >= 15 is 0 Å². The number of carbonyl (C=O) groups is 4. The van der Waals surface area contributed by atoms with E-state index in [2.05, 4.69) is 10.1 Å². The summed E-state index contributed by atoms with van der Waals surface area (Å²) in [7, 11) is 1.13. The van der Waals surface area contributed by atoms with Gasteiger partial charge < -0.3 is 29.8 Å². The van der Waals surface area contributed by atoms with E-state index in [1.165, 1.54) is 41.1 Å². The Balaban J connectivity index is 1.70. The van der Waals surface area contributed by atoms with Crippen molar-refractivity contribution < 1.29 is 46.6 Å². The van der Waals surface area contributed by atoms with Crippen molar-refractivity contribution in [1.29, 1.82) is 0 Å². The Bertz CT molecular complexity index is 2050. The molecule has 0 spiro atoms. The number of carbonyl (C=O) groups excluding carboxylic acids is 4. The number of primary amides is 1. The molecular weight excluding hydrogens is 673 g/mol. The van der Waals surface area contributed by atoms with Gasteiger partial charge in [0.1, 0.15) is 40.9 Å². The van der Waals surface area contributed by atoms with Crippen molar-refractivity contribution in [2.75, 3.05) is 7.11 Å². The minimum absolute atomic E-state index is 0.0199. The number of aromatic nitrogens is 2. The minimum atomic E-state index is -1.06. The number of alkyl carbamates (subject to hydrolysis) is 1. The monoisotopic (exact) mass is 710 g/mol. The zero-order valence-corrected chi connectivity index (χ0v) is 28.3. The number of allylic oxidation sites excluding steroid dienone is 1. The summed E-state index contributed by atoms with van der Waals surface area (Å²) in [6.07, 6.45) is 2.18. The Morgan fingerprint density at radius 2 is 1.75 bits per heavy atom. The fourth-order valence-electron chi connectivity index (χ4n) is 5.18. The van der Waals surface area contributed by atoms with Gasteiger partial charge in [0.25, 0.3) is 5.56 Å². The number of methoxy groups -OCH3 is 1. The lowest BCUT2D eigenvalue weighted by Crippen LogP contribution is -2.42. The Morgan fingerprint density at radius 1 is 1.00 bits per heavy atom. The van der Waals surface area contributed by atoms with Crippen molar-refractivity contribution in [3.63, 3.8) is 0 Å². The summed E-state index contributed by atoms with van der Waals surface area (Å²) in [6.45, 7) is 4.26. The summed E-state index contributed by atoms with van der Waals surface area (Å²) in [4.78, 5) is 63.6. The van der Waals surface area contributed by atoms with Gasteiger partial charge in [0, 0.05) is 41.3 Å². The molecule has 270 valence electrons. The predicted octanol–water partition coefficient (Wildman–Crippen LogP) is 5.29. The first-order chi connectivity index (χ1) is 24.1. The van der Waals surface area contributed by atoms with Gasteiger partial charge >= 0.3 is 12.2 Å². The molecule has 2 amide bonds. The van der Waals surface area contributed by atoms with E-state index in [9.17, 15) is 37.1 Å². The molecule has 2 aromatic carbocycles. The Hall–Kier alpha value is -5.86. The quantitative estimate of drug-likeness (QED) is 0.177. The molecule has 0 saturated heterocycles. The van der Waals surface area contributed by atoms with Crippen LogP contribution in [0.15, 0.2) is 71.7 Å². The van der Waals surface area contributed by atoms with Crippen LogP contribution >= 0.6 is 0 Å². The zero-order valence-electron chi connectivity index (χ0n) is 28.3. The second kappa shape index (κ2) is 16.2. The van der Waals surface area contributed by atoms with Crippen molar-refractivity contribution >= 4 is 34.8 Å². The lowest BCUT2D eigenvalue weighted by molar-refractivity contribution is -0.120. The third kappa shape index (κ3) is 10.1. The predicted molar refractivity (Wildman–Crippen MR) is 180 cm³/mol. The van der Waals surface area contributed by atoms with Crippen LogP contribution in [-0.2, 0) is 38.6 Å². The zero-order chi connectivity index (χ0) is 37.5. The van der Waals surface area contributed by atoms with Crippen LogP contribution in [0.25, 0.3) is 10.9 Å². The molecule has 0 radical (unpaired) electrons. The van der Waals surface area contributed by atoms with E-state index < -0.39 is 65.1 Å². The Labute approximate surface area is 290 Å². The maximum atomic E-state index is 14.9. The Morgan fingerprint density at radius 3 is 2.41 bits per heavy atom. The lowest BCUT2D eigenvalue weighted by Gasteiger charge is -2.22. The molecular formula is C36H37F3N4O8. The first kappa shape index (κ1) is 38.0. The molecule has 3 N–H and O–H groups in total. The number of ether oxygens (including phenoxy) is 3. The highest BCUT2D eigenvalue weighted by Gasteiger charge is 2.26. The number of benzene rings is 2. The number of pyridine rings is 1. The molecule has 0 fully saturated rings. The maximum Gasteiger partial charge on any atom is 0.419 e. The van der Waals surface area contributed by atoms with E-state index in [1.54, 1.807) is 20.8 Å². The van der Waals surface area contributed by atoms with Gasteiger partial charge in [-0.2, -0.15) is 0 Å². The van der Waals surface area contributed by atoms with Crippen LogP contribution in [0.4, 0.5) is 22.8 Å². The molecule has 0 bridgehead atoms. The summed E-state index contributed by atoms with van der Waals surface area (Å²) in [5.74, 6) is -3.74. The molecule has 2 heterocycles. The average molecular weight is 711 g/mol. The lowest BCUT2D eigenvalue weighted by atomic mass is 10.0. The average Bonchev–Trinajstić information content (AvgIpc) is 3.40. The molecule has 2 aromatic heterocycles. The number of hydrogen-bond donors (Lipinski definition) is 2. The number of nitrogens with one attached hydrogen (secondary N) is 1. The van der Waals surface area contributed by atoms with Crippen molar-refractivity contribution in [3.05, 3.63) is 112 Å².